The number of nitrogens with zero attached hydrogens (tertiary/aromatic N) is 2. The van der Waals surface area contributed by atoms with Gasteiger partial charge in [0.05, 0.1) is 6.61 Å². The number of anilines is 1. The van der Waals surface area contributed by atoms with Crippen LogP contribution in [0.5, 0.6) is 0 Å². The van der Waals surface area contributed by atoms with E-state index >= 15 is 0 Å². The molecule has 0 radical (unpaired) electrons. The first-order valence-corrected chi connectivity index (χ1v) is 7.81. The van der Waals surface area contributed by atoms with E-state index in [-0.39, 0.29) is 12.0 Å². The Morgan fingerprint density at radius 1 is 1.29 bits per heavy atom. The van der Waals surface area contributed by atoms with Gasteiger partial charge >= 0.3 is 0 Å². The van der Waals surface area contributed by atoms with Crippen molar-refractivity contribution < 1.29 is 9.84 Å². The van der Waals surface area contributed by atoms with Gasteiger partial charge in [-0.1, -0.05) is 20.8 Å². The first-order chi connectivity index (χ1) is 9.90. The number of aliphatic hydroxyl groups is 1. The first kappa shape index (κ1) is 16.2. The fraction of sp³-hybridized carbons (Fsp3) is 0.706. The van der Waals surface area contributed by atoms with Crippen LogP contribution < -0.4 is 4.90 Å². The Hall–Kier alpha value is -1.13. The Kier molecular flexibility index (Phi) is 5.22. The molecule has 4 nitrogen and oxygen atoms in total. The highest BCUT2D eigenvalue weighted by Gasteiger charge is 2.20. The molecule has 1 aromatic heterocycles. The van der Waals surface area contributed by atoms with Crippen molar-refractivity contribution in [2.75, 3.05) is 31.7 Å². The van der Waals surface area contributed by atoms with Crippen LogP contribution in [0.2, 0.25) is 0 Å². The summed E-state index contributed by atoms with van der Waals surface area (Å²) in [6.07, 6.45) is 2.24. The summed E-state index contributed by atoms with van der Waals surface area (Å²) in [6.45, 7) is 9.25. The number of hydrogen-bond acceptors (Lipinski definition) is 4. The highest BCUT2D eigenvalue weighted by Crippen LogP contribution is 2.26. The van der Waals surface area contributed by atoms with Gasteiger partial charge in [-0.3, -0.25) is 0 Å². The summed E-state index contributed by atoms with van der Waals surface area (Å²) >= 11 is 0. The molecule has 0 atom stereocenters. The van der Waals surface area contributed by atoms with Crippen molar-refractivity contribution in [3.8, 4) is 0 Å². The second-order valence-corrected chi connectivity index (χ2v) is 7.06. The zero-order chi connectivity index (χ0) is 15.5. The van der Waals surface area contributed by atoms with E-state index < -0.39 is 0 Å². The second kappa shape index (κ2) is 6.75. The Morgan fingerprint density at radius 3 is 2.52 bits per heavy atom. The summed E-state index contributed by atoms with van der Waals surface area (Å²) in [7, 11) is 2.09. The number of pyridine rings is 1. The highest BCUT2D eigenvalue weighted by atomic mass is 16.5. The summed E-state index contributed by atoms with van der Waals surface area (Å²) in [5.74, 6) is 1.62. The molecular formula is C17H28N2O2. The molecular weight excluding hydrogens is 264 g/mol. The lowest BCUT2D eigenvalue weighted by molar-refractivity contribution is 0.0685. The molecule has 1 saturated heterocycles. The molecule has 21 heavy (non-hydrogen) atoms. The van der Waals surface area contributed by atoms with Crippen LogP contribution in [0, 0.1) is 5.92 Å². The van der Waals surface area contributed by atoms with Gasteiger partial charge in [0.15, 0.2) is 0 Å². The van der Waals surface area contributed by atoms with Crippen LogP contribution in [-0.4, -0.2) is 36.9 Å². The molecule has 0 saturated carbocycles. The van der Waals surface area contributed by atoms with Gasteiger partial charge < -0.3 is 14.7 Å². The molecule has 0 bridgehead atoms. The quantitative estimate of drug-likeness (QED) is 0.927. The summed E-state index contributed by atoms with van der Waals surface area (Å²) in [5.41, 5.74) is 1.95. The average molecular weight is 292 g/mol. The van der Waals surface area contributed by atoms with Gasteiger partial charge in [-0.25, -0.2) is 4.98 Å². The van der Waals surface area contributed by atoms with Crippen molar-refractivity contribution in [3.63, 3.8) is 0 Å². The van der Waals surface area contributed by atoms with E-state index in [4.69, 9.17) is 9.72 Å². The monoisotopic (exact) mass is 292 g/mol. The van der Waals surface area contributed by atoms with Gasteiger partial charge in [-0.15, -0.1) is 0 Å². The highest BCUT2D eigenvalue weighted by molar-refractivity contribution is 5.43. The lowest BCUT2D eigenvalue weighted by Crippen LogP contribution is -2.30. The van der Waals surface area contributed by atoms with Crippen LogP contribution in [-0.2, 0) is 16.8 Å². The second-order valence-electron chi connectivity index (χ2n) is 7.06. The fourth-order valence-electron chi connectivity index (χ4n) is 2.65. The normalized spacial score (nSPS) is 17.0. The molecule has 0 unspecified atom stereocenters. The smallest absolute Gasteiger partial charge is 0.128 e. The van der Waals surface area contributed by atoms with Crippen LogP contribution in [0.25, 0.3) is 0 Å². The Labute approximate surface area is 128 Å². The molecule has 1 aromatic rings. The van der Waals surface area contributed by atoms with Crippen LogP contribution in [0.1, 0.15) is 44.9 Å². The predicted octanol–water partition coefficient (Wildman–Crippen LogP) is 2.73. The molecule has 0 amide bonds. The topological polar surface area (TPSA) is 45.6 Å². The summed E-state index contributed by atoms with van der Waals surface area (Å²) < 4.78 is 5.42. The Balaban J connectivity index is 2.17. The molecule has 1 fully saturated rings. The van der Waals surface area contributed by atoms with Gasteiger partial charge in [-0.2, -0.15) is 0 Å². The summed E-state index contributed by atoms with van der Waals surface area (Å²) in [5, 5.41) is 9.49. The standard InChI is InChI=1S/C17H28N2O2/c1-17(2,3)15-9-14(12-20)10-16(18-15)19(4)11-13-5-7-21-8-6-13/h9-10,13,20H,5-8,11-12H2,1-4H3. The van der Waals surface area contributed by atoms with E-state index in [1.165, 1.54) is 0 Å². The van der Waals surface area contributed by atoms with E-state index in [1.807, 2.05) is 12.1 Å². The van der Waals surface area contributed by atoms with E-state index in [0.29, 0.717) is 5.92 Å². The average Bonchev–Trinajstić information content (AvgIpc) is 2.46. The molecule has 0 spiro atoms. The SMILES string of the molecule is CN(CC1CCOCC1)c1cc(CO)cc(C(C)(C)C)n1. The molecule has 2 rings (SSSR count). The lowest BCUT2D eigenvalue weighted by Gasteiger charge is -2.29. The van der Waals surface area contributed by atoms with Gasteiger partial charge in [0.25, 0.3) is 0 Å². The van der Waals surface area contributed by atoms with Crippen molar-refractivity contribution in [2.24, 2.45) is 5.92 Å². The molecule has 1 N–H and O–H groups in total. The maximum absolute atomic E-state index is 9.49. The van der Waals surface area contributed by atoms with Gasteiger partial charge in [0.1, 0.15) is 5.82 Å². The molecule has 1 aliphatic heterocycles. The fourth-order valence-corrected chi connectivity index (χ4v) is 2.65. The van der Waals surface area contributed by atoms with Crippen LogP contribution >= 0.6 is 0 Å². The maximum Gasteiger partial charge on any atom is 0.128 e. The van der Waals surface area contributed by atoms with E-state index in [0.717, 1.165) is 49.7 Å². The third kappa shape index (κ3) is 4.42. The van der Waals surface area contributed by atoms with Crippen molar-refractivity contribution in [1.82, 2.24) is 4.98 Å². The van der Waals surface area contributed by atoms with Crippen LogP contribution in [0.4, 0.5) is 5.82 Å². The largest absolute Gasteiger partial charge is 0.392 e. The Morgan fingerprint density at radius 2 is 1.95 bits per heavy atom. The van der Waals surface area contributed by atoms with E-state index in [9.17, 15) is 5.11 Å². The predicted molar refractivity (Wildman–Crippen MR) is 85.7 cm³/mol. The van der Waals surface area contributed by atoms with E-state index in [1.54, 1.807) is 0 Å². The number of hydrogen-bond donors (Lipinski definition) is 1. The van der Waals surface area contributed by atoms with Crippen molar-refractivity contribution in [2.45, 2.75) is 45.6 Å². The molecule has 0 aliphatic carbocycles. The van der Waals surface area contributed by atoms with Gasteiger partial charge in [0, 0.05) is 37.9 Å². The van der Waals surface area contributed by atoms with E-state index in [2.05, 4.69) is 32.7 Å². The molecule has 1 aliphatic rings. The van der Waals surface area contributed by atoms with Crippen molar-refractivity contribution in [1.29, 1.82) is 0 Å². The molecule has 4 heteroatoms. The minimum absolute atomic E-state index is 0.0144. The van der Waals surface area contributed by atoms with Crippen LogP contribution in [0.15, 0.2) is 12.1 Å². The minimum Gasteiger partial charge on any atom is -0.392 e. The number of rotatable bonds is 4. The third-order valence-corrected chi connectivity index (χ3v) is 4.09. The molecule has 118 valence electrons. The lowest BCUT2D eigenvalue weighted by atomic mass is 9.90. The molecule has 0 aromatic carbocycles. The minimum atomic E-state index is -0.0144. The molecule has 2 heterocycles. The maximum atomic E-state index is 9.49. The Bertz CT molecular complexity index is 462. The number of aliphatic hydroxyl groups excluding tert-OH is 1. The van der Waals surface area contributed by atoms with Crippen molar-refractivity contribution >= 4 is 5.82 Å². The zero-order valence-electron chi connectivity index (χ0n) is 13.7. The zero-order valence-corrected chi connectivity index (χ0v) is 13.7. The summed E-state index contributed by atoms with van der Waals surface area (Å²) in [6, 6.07) is 4.00. The number of ether oxygens (including phenoxy) is 1. The van der Waals surface area contributed by atoms with Crippen LogP contribution in [0.3, 0.4) is 0 Å². The number of aromatic nitrogens is 1. The summed E-state index contributed by atoms with van der Waals surface area (Å²) in [4.78, 5) is 7.01. The third-order valence-electron chi connectivity index (χ3n) is 4.09. The van der Waals surface area contributed by atoms with Crippen molar-refractivity contribution in [3.05, 3.63) is 23.4 Å². The first-order valence-electron chi connectivity index (χ1n) is 7.81. The van der Waals surface area contributed by atoms with Gasteiger partial charge in [0.2, 0.25) is 0 Å². The van der Waals surface area contributed by atoms with Gasteiger partial charge in [-0.05, 0) is 36.5 Å².